The molecule has 0 atom stereocenters. The van der Waals surface area contributed by atoms with Crippen LogP contribution in [0.2, 0.25) is 0 Å². The van der Waals surface area contributed by atoms with Gasteiger partial charge in [-0.3, -0.25) is 0 Å². The first-order valence-corrected chi connectivity index (χ1v) is 5.38. The molecule has 0 spiro atoms. The van der Waals surface area contributed by atoms with E-state index in [-0.39, 0.29) is 0 Å². The maximum atomic E-state index is 5.04. The van der Waals surface area contributed by atoms with Crippen LogP contribution in [0, 0.1) is 27.7 Å². The largest absolute Gasteiger partial charge is 0.383 e. The molecule has 0 aliphatic carbocycles. The Labute approximate surface area is 92.6 Å². The van der Waals surface area contributed by atoms with Gasteiger partial charge in [-0.05, 0) is 49.9 Å². The lowest BCUT2D eigenvalue weighted by Gasteiger charge is -2.16. The molecule has 0 aromatic heterocycles. The molecule has 2 heteroatoms. The van der Waals surface area contributed by atoms with Crippen LogP contribution >= 0.6 is 0 Å². The van der Waals surface area contributed by atoms with E-state index < -0.39 is 0 Å². The lowest BCUT2D eigenvalue weighted by Crippen LogP contribution is -2.10. The number of nitrogens with one attached hydrogen (secondary N) is 1. The van der Waals surface area contributed by atoms with Crippen molar-refractivity contribution >= 4 is 5.69 Å². The molecule has 0 fully saturated rings. The van der Waals surface area contributed by atoms with E-state index in [1.807, 2.05) is 0 Å². The molecule has 1 N–H and O–H groups in total. The molecule has 0 radical (unpaired) electrons. The molecule has 0 bridgehead atoms. The summed E-state index contributed by atoms with van der Waals surface area (Å²) in [5.41, 5.74) is 6.64. The lowest BCUT2D eigenvalue weighted by molar-refractivity contribution is 0.210. The predicted molar refractivity (Wildman–Crippen MR) is 65.8 cm³/mol. The topological polar surface area (TPSA) is 21.3 Å². The van der Waals surface area contributed by atoms with E-state index in [4.69, 9.17) is 4.74 Å². The number of hydrogen-bond donors (Lipinski definition) is 1. The van der Waals surface area contributed by atoms with Crippen molar-refractivity contribution in [2.24, 2.45) is 0 Å². The lowest BCUT2D eigenvalue weighted by atomic mass is 9.99. The normalized spacial score (nSPS) is 10.5. The van der Waals surface area contributed by atoms with Crippen LogP contribution in [0.15, 0.2) is 6.07 Å². The van der Waals surface area contributed by atoms with Crippen molar-refractivity contribution in [2.45, 2.75) is 27.7 Å². The first kappa shape index (κ1) is 12.1. The molecular weight excluding hydrogens is 186 g/mol. The Kier molecular flexibility index (Phi) is 4.15. The molecule has 0 aliphatic rings. The summed E-state index contributed by atoms with van der Waals surface area (Å²) in [6, 6.07) is 2.24. The monoisotopic (exact) mass is 207 g/mol. The average molecular weight is 207 g/mol. The van der Waals surface area contributed by atoms with Crippen LogP contribution in [0.5, 0.6) is 0 Å². The van der Waals surface area contributed by atoms with Gasteiger partial charge in [0, 0.05) is 19.3 Å². The van der Waals surface area contributed by atoms with E-state index in [1.165, 1.54) is 27.9 Å². The molecule has 2 nitrogen and oxygen atoms in total. The zero-order valence-electron chi connectivity index (χ0n) is 10.4. The third-order valence-corrected chi connectivity index (χ3v) is 2.97. The van der Waals surface area contributed by atoms with Crippen LogP contribution in [-0.4, -0.2) is 20.3 Å². The molecular formula is C13H21NO. The molecule has 0 unspecified atom stereocenters. The van der Waals surface area contributed by atoms with Crippen molar-refractivity contribution in [3.8, 4) is 0 Å². The highest BCUT2D eigenvalue weighted by Gasteiger charge is 2.07. The molecule has 1 aromatic carbocycles. The van der Waals surface area contributed by atoms with Gasteiger partial charge in [-0.1, -0.05) is 6.07 Å². The number of rotatable bonds is 4. The van der Waals surface area contributed by atoms with Gasteiger partial charge in [0.05, 0.1) is 6.61 Å². The van der Waals surface area contributed by atoms with Crippen LogP contribution in [0.25, 0.3) is 0 Å². The highest BCUT2D eigenvalue weighted by atomic mass is 16.5. The fourth-order valence-corrected chi connectivity index (χ4v) is 1.76. The van der Waals surface area contributed by atoms with Crippen LogP contribution in [-0.2, 0) is 4.74 Å². The van der Waals surface area contributed by atoms with Crippen molar-refractivity contribution in [3.05, 3.63) is 28.3 Å². The molecule has 1 aromatic rings. The number of methoxy groups -OCH3 is 1. The zero-order chi connectivity index (χ0) is 11.4. The van der Waals surface area contributed by atoms with E-state index in [0.29, 0.717) is 0 Å². The minimum atomic E-state index is 0.742. The third-order valence-electron chi connectivity index (χ3n) is 2.97. The van der Waals surface area contributed by atoms with Crippen LogP contribution in [0.1, 0.15) is 22.3 Å². The molecule has 0 saturated carbocycles. The van der Waals surface area contributed by atoms with Crippen molar-refractivity contribution in [3.63, 3.8) is 0 Å². The molecule has 15 heavy (non-hydrogen) atoms. The Morgan fingerprint density at radius 2 is 1.60 bits per heavy atom. The molecule has 0 aliphatic heterocycles. The van der Waals surface area contributed by atoms with Crippen LogP contribution in [0.3, 0.4) is 0 Å². The zero-order valence-corrected chi connectivity index (χ0v) is 10.4. The summed E-state index contributed by atoms with van der Waals surface area (Å²) in [7, 11) is 1.73. The van der Waals surface area contributed by atoms with Gasteiger partial charge in [0.25, 0.3) is 0 Å². The number of anilines is 1. The number of aryl methyl sites for hydroxylation is 2. The summed E-state index contributed by atoms with van der Waals surface area (Å²) in [6.45, 7) is 10.2. The first-order valence-electron chi connectivity index (χ1n) is 5.38. The number of ether oxygens (including phenoxy) is 1. The van der Waals surface area contributed by atoms with Gasteiger partial charge in [-0.2, -0.15) is 0 Å². The summed E-state index contributed by atoms with van der Waals surface area (Å²) in [6.07, 6.45) is 0. The minimum Gasteiger partial charge on any atom is -0.383 e. The smallest absolute Gasteiger partial charge is 0.0635 e. The van der Waals surface area contributed by atoms with E-state index in [0.717, 1.165) is 13.2 Å². The second-order valence-electron chi connectivity index (χ2n) is 4.05. The van der Waals surface area contributed by atoms with Gasteiger partial charge in [-0.25, -0.2) is 0 Å². The standard InChI is InChI=1S/C13H21NO/c1-9-8-10(2)12(4)13(11(9)3)14-6-7-15-5/h8,14H,6-7H2,1-5H3. The quantitative estimate of drug-likeness (QED) is 0.766. The summed E-state index contributed by atoms with van der Waals surface area (Å²) < 4.78 is 5.04. The molecule has 0 amide bonds. The summed E-state index contributed by atoms with van der Waals surface area (Å²) in [5, 5.41) is 3.44. The number of hydrogen-bond acceptors (Lipinski definition) is 2. The van der Waals surface area contributed by atoms with Gasteiger partial charge >= 0.3 is 0 Å². The SMILES string of the molecule is COCCNc1c(C)c(C)cc(C)c1C. The fraction of sp³-hybridized carbons (Fsp3) is 0.538. The van der Waals surface area contributed by atoms with Crippen molar-refractivity contribution in [1.82, 2.24) is 0 Å². The minimum absolute atomic E-state index is 0.742. The number of benzene rings is 1. The van der Waals surface area contributed by atoms with Gasteiger partial charge in [-0.15, -0.1) is 0 Å². The highest BCUT2D eigenvalue weighted by molar-refractivity contribution is 5.62. The van der Waals surface area contributed by atoms with E-state index >= 15 is 0 Å². The predicted octanol–water partition coefficient (Wildman–Crippen LogP) is 2.98. The first-order chi connectivity index (χ1) is 7.07. The van der Waals surface area contributed by atoms with Crippen molar-refractivity contribution in [1.29, 1.82) is 0 Å². The molecule has 84 valence electrons. The Hall–Kier alpha value is -1.02. The summed E-state index contributed by atoms with van der Waals surface area (Å²) >= 11 is 0. The highest BCUT2D eigenvalue weighted by Crippen LogP contribution is 2.26. The third kappa shape index (κ3) is 2.72. The van der Waals surface area contributed by atoms with Crippen molar-refractivity contribution < 1.29 is 4.74 Å². The Morgan fingerprint density at radius 3 is 2.07 bits per heavy atom. The fourth-order valence-electron chi connectivity index (χ4n) is 1.76. The summed E-state index contributed by atoms with van der Waals surface area (Å²) in [5.74, 6) is 0. The van der Waals surface area contributed by atoms with Gasteiger partial charge in [0.2, 0.25) is 0 Å². The van der Waals surface area contributed by atoms with Gasteiger partial charge in [0.1, 0.15) is 0 Å². The van der Waals surface area contributed by atoms with Gasteiger partial charge < -0.3 is 10.1 Å². The van der Waals surface area contributed by atoms with Gasteiger partial charge in [0.15, 0.2) is 0 Å². The van der Waals surface area contributed by atoms with E-state index in [1.54, 1.807) is 7.11 Å². The molecule has 1 rings (SSSR count). The average Bonchev–Trinajstić information content (AvgIpc) is 2.20. The molecule has 0 heterocycles. The second kappa shape index (κ2) is 5.17. The Balaban J connectivity index is 2.94. The van der Waals surface area contributed by atoms with E-state index in [2.05, 4.69) is 39.1 Å². The van der Waals surface area contributed by atoms with Crippen LogP contribution < -0.4 is 5.32 Å². The maximum Gasteiger partial charge on any atom is 0.0635 e. The maximum absolute atomic E-state index is 5.04. The molecule has 0 saturated heterocycles. The summed E-state index contributed by atoms with van der Waals surface area (Å²) in [4.78, 5) is 0. The Morgan fingerprint density at radius 1 is 1.07 bits per heavy atom. The van der Waals surface area contributed by atoms with Crippen molar-refractivity contribution in [2.75, 3.05) is 25.6 Å². The van der Waals surface area contributed by atoms with Crippen LogP contribution in [0.4, 0.5) is 5.69 Å². The Bertz CT molecular complexity index is 319. The van der Waals surface area contributed by atoms with E-state index in [9.17, 15) is 0 Å². The second-order valence-corrected chi connectivity index (χ2v) is 4.05.